The Morgan fingerprint density at radius 2 is 1.73 bits per heavy atom. The van der Waals surface area contributed by atoms with Crippen LogP contribution in [0.5, 0.6) is 0 Å². The molecule has 10 heteroatoms. The number of aliphatic hydroxyl groups excluding tert-OH is 2. The van der Waals surface area contributed by atoms with Crippen LogP contribution in [0.3, 0.4) is 0 Å². The van der Waals surface area contributed by atoms with Crippen molar-refractivity contribution in [2.24, 2.45) is 0 Å². The largest absolute Gasteiger partial charge is 1.00 e. The number of halogens is 1. The average Bonchev–Trinajstić information content (AvgIpc) is 2.79. The highest BCUT2D eigenvalue weighted by molar-refractivity contribution is 7.86. The van der Waals surface area contributed by atoms with Crippen LogP contribution in [-0.2, 0) is 10.1 Å². The Bertz CT molecular complexity index is 1420. The minimum absolute atomic E-state index is 0. The van der Waals surface area contributed by atoms with Crippen molar-refractivity contribution in [2.75, 3.05) is 31.6 Å². The Balaban J connectivity index is 0.00000306. The Labute approximate surface area is 196 Å². The van der Waals surface area contributed by atoms with Crippen molar-refractivity contribution in [3.63, 3.8) is 0 Å². The van der Waals surface area contributed by atoms with Crippen molar-refractivity contribution in [2.45, 2.75) is 4.90 Å². The summed E-state index contributed by atoms with van der Waals surface area (Å²) in [7, 11) is -4.47. The molecule has 2 aromatic rings. The van der Waals surface area contributed by atoms with Gasteiger partial charge in [0.25, 0.3) is 10.1 Å². The summed E-state index contributed by atoms with van der Waals surface area (Å²) in [6.45, 7) is 0.680. The molecule has 5 N–H and O–H groups in total. The van der Waals surface area contributed by atoms with Crippen LogP contribution in [-0.4, -0.2) is 49.5 Å². The van der Waals surface area contributed by atoms with E-state index < -0.39 is 10.1 Å². The number of hydrogen-bond donors (Lipinski definition) is 5. The van der Waals surface area contributed by atoms with Gasteiger partial charge in [0.05, 0.1) is 12.7 Å². The Kier molecular flexibility index (Phi) is 7.72. The van der Waals surface area contributed by atoms with E-state index in [1.807, 2.05) is 24.3 Å². The van der Waals surface area contributed by atoms with Crippen LogP contribution in [0.1, 0.15) is 0 Å². The number of nitrogens with one attached hydrogen (secondary N) is 2. The second-order valence-electron chi connectivity index (χ2n) is 7.17. The summed E-state index contributed by atoms with van der Waals surface area (Å²) in [5.74, 6) is 0.500. The maximum atomic E-state index is 12.1. The molecule has 0 spiro atoms. The van der Waals surface area contributed by atoms with E-state index in [-0.39, 0.29) is 30.5 Å². The molecule has 0 unspecified atom stereocenters. The van der Waals surface area contributed by atoms with E-state index in [1.54, 1.807) is 30.3 Å². The van der Waals surface area contributed by atoms with Crippen LogP contribution in [0.25, 0.3) is 33.4 Å². The van der Waals surface area contributed by atoms with Gasteiger partial charge in [-0.25, -0.2) is 4.99 Å². The molecular formula is C23H23ClN2O6S. The van der Waals surface area contributed by atoms with Gasteiger partial charge in [-0.3, -0.25) is 4.55 Å². The first-order valence-electron chi connectivity index (χ1n) is 10.0. The smallest absolute Gasteiger partial charge is 0.295 e. The monoisotopic (exact) mass is 490 g/mol. The molecule has 0 bridgehead atoms. The Morgan fingerprint density at radius 3 is 2.45 bits per heavy atom. The fourth-order valence-corrected chi connectivity index (χ4v) is 4.40. The fraction of sp³-hybridized carbons (Fsp3) is 0.174. The minimum atomic E-state index is -4.47. The van der Waals surface area contributed by atoms with Gasteiger partial charge < -0.3 is 32.4 Å². The van der Waals surface area contributed by atoms with Crippen molar-refractivity contribution < 1.29 is 45.0 Å². The van der Waals surface area contributed by atoms with Gasteiger partial charge >= 0.3 is 0 Å². The Hall–Kier alpha value is -2.95. The van der Waals surface area contributed by atoms with E-state index in [1.165, 1.54) is 6.07 Å². The summed E-state index contributed by atoms with van der Waals surface area (Å²) in [4.78, 5) is 2.89. The molecule has 8 nitrogen and oxygen atoms in total. The number of anilines is 1. The molecule has 1 aliphatic heterocycles. The SMILES string of the molecule is O=S(=O)(O)c1ccccc1-c1c2ccc(=[NH+]CCO)cc-2oc2cc(NCCO)ccc12.[Cl-]. The third-order valence-corrected chi connectivity index (χ3v) is 5.95. The lowest BCUT2D eigenvalue weighted by Gasteiger charge is -2.17. The third-order valence-electron chi connectivity index (χ3n) is 5.04. The maximum Gasteiger partial charge on any atom is 0.295 e. The van der Waals surface area contributed by atoms with Gasteiger partial charge in [-0.15, -0.1) is 0 Å². The first-order chi connectivity index (χ1) is 15.4. The zero-order chi connectivity index (χ0) is 22.7. The first-order valence-corrected chi connectivity index (χ1v) is 11.5. The molecule has 0 amide bonds. The van der Waals surface area contributed by atoms with E-state index in [9.17, 15) is 13.0 Å². The summed E-state index contributed by atoms with van der Waals surface area (Å²) >= 11 is 0. The number of fused-ring (bicyclic) bond motifs is 2. The lowest BCUT2D eigenvalue weighted by atomic mass is 9.93. The lowest BCUT2D eigenvalue weighted by molar-refractivity contribution is -0.503. The van der Waals surface area contributed by atoms with Gasteiger partial charge in [-0.2, -0.15) is 8.42 Å². The number of hydrogen-bond acceptors (Lipinski definition) is 6. The summed E-state index contributed by atoms with van der Waals surface area (Å²) in [6.07, 6.45) is 0. The molecule has 1 aliphatic carbocycles. The average molecular weight is 491 g/mol. The number of rotatable bonds is 7. The van der Waals surface area contributed by atoms with E-state index in [0.29, 0.717) is 46.5 Å². The second kappa shape index (κ2) is 10.3. The van der Waals surface area contributed by atoms with Crippen LogP contribution >= 0.6 is 0 Å². The molecule has 0 saturated heterocycles. The molecule has 0 radical (unpaired) electrons. The van der Waals surface area contributed by atoms with E-state index in [4.69, 9.17) is 14.6 Å². The minimum Gasteiger partial charge on any atom is -1.00 e. The molecular weight excluding hydrogens is 468 g/mol. The van der Waals surface area contributed by atoms with Crippen molar-refractivity contribution in [3.8, 4) is 22.5 Å². The van der Waals surface area contributed by atoms with Gasteiger partial charge in [0, 0.05) is 46.4 Å². The van der Waals surface area contributed by atoms with Gasteiger partial charge in [0.15, 0.2) is 6.54 Å². The molecule has 0 atom stereocenters. The standard InChI is InChI=1S/C23H22N2O6S.ClH/c26-11-9-24-15-5-7-17-20(13-15)31-21-14-16(25-10-12-27)6-8-18(21)23(17)19-3-1-2-4-22(19)32(28,29)30;/h1-8,13-14,24,26-27H,9-12H2,(H,28,29,30);1H. The molecule has 174 valence electrons. The highest BCUT2D eigenvalue weighted by atomic mass is 35.5. The molecule has 2 aliphatic rings. The van der Waals surface area contributed by atoms with Crippen molar-refractivity contribution in [3.05, 3.63) is 66.0 Å². The lowest BCUT2D eigenvalue weighted by Crippen LogP contribution is -3.00. The zero-order valence-corrected chi connectivity index (χ0v) is 19.0. The zero-order valence-electron chi connectivity index (χ0n) is 17.5. The number of aliphatic hydroxyl groups is 2. The molecule has 0 saturated carbocycles. The fourth-order valence-electron chi connectivity index (χ4n) is 3.70. The van der Waals surface area contributed by atoms with Gasteiger partial charge in [-0.1, -0.05) is 18.2 Å². The van der Waals surface area contributed by atoms with Gasteiger partial charge in [-0.05, 0) is 24.3 Å². The predicted octanol–water partition coefficient (Wildman–Crippen LogP) is -2.17. The third kappa shape index (κ3) is 5.18. The first kappa shape index (κ1) is 24.7. The second-order valence-corrected chi connectivity index (χ2v) is 8.56. The maximum absolute atomic E-state index is 12.1. The van der Waals surface area contributed by atoms with Crippen molar-refractivity contribution in [1.82, 2.24) is 0 Å². The summed E-state index contributed by atoms with van der Waals surface area (Å²) in [5.41, 5.74) is 2.86. The van der Waals surface area contributed by atoms with E-state index >= 15 is 0 Å². The van der Waals surface area contributed by atoms with Gasteiger partial charge in [0.1, 0.15) is 22.8 Å². The van der Waals surface area contributed by atoms with E-state index in [2.05, 4.69) is 10.3 Å². The highest BCUT2D eigenvalue weighted by Gasteiger charge is 2.23. The van der Waals surface area contributed by atoms with Crippen LogP contribution < -0.4 is 28.1 Å². The molecule has 2 aromatic carbocycles. The topological polar surface area (TPSA) is 134 Å². The Morgan fingerprint density at radius 1 is 0.939 bits per heavy atom. The normalized spacial score (nSPS) is 12.2. The van der Waals surface area contributed by atoms with E-state index in [0.717, 1.165) is 11.0 Å². The molecule has 0 fully saturated rings. The molecule has 4 rings (SSSR count). The highest BCUT2D eigenvalue weighted by Crippen LogP contribution is 2.42. The summed E-state index contributed by atoms with van der Waals surface area (Å²) in [5, 5.41) is 22.7. The van der Waals surface area contributed by atoms with Crippen LogP contribution in [0.15, 0.2) is 70.0 Å². The van der Waals surface area contributed by atoms with Crippen molar-refractivity contribution in [1.29, 1.82) is 0 Å². The van der Waals surface area contributed by atoms with Crippen molar-refractivity contribution >= 4 is 26.8 Å². The van der Waals surface area contributed by atoms with Gasteiger partial charge in [0.2, 0.25) is 5.36 Å². The number of benzene rings is 3. The molecule has 33 heavy (non-hydrogen) atoms. The predicted molar refractivity (Wildman–Crippen MR) is 120 cm³/mol. The summed E-state index contributed by atoms with van der Waals surface area (Å²) < 4.78 is 40.2. The molecule has 0 aromatic heterocycles. The van der Waals surface area contributed by atoms with Crippen LogP contribution in [0.4, 0.5) is 5.69 Å². The van der Waals surface area contributed by atoms with Crippen LogP contribution in [0.2, 0.25) is 0 Å². The van der Waals surface area contributed by atoms with Crippen LogP contribution in [0, 0.1) is 0 Å². The quantitative estimate of drug-likeness (QED) is 0.147. The molecule has 1 heterocycles. The summed E-state index contributed by atoms with van der Waals surface area (Å²) in [6, 6.07) is 17.1.